The lowest BCUT2D eigenvalue weighted by molar-refractivity contribution is -0.137. The fourth-order valence-corrected chi connectivity index (χ4v) is 4.07. The highest BCUT2D eigenvalue weighted by atomic mass is 16.2. The van der Waals surface area contributed by atoms with E-state index in [2.05, 4.69) is 20.5 Å². The number of nitrogens with zero attached hydrogens (tertiary/aromatic N) is 4. The number of likely N-dealkylation sites (tertiary alicyclic amines) is 1. The molecule has 1 saturated heterocycles. The molecule has 1 saturated carbocycles. The van der Waals surface area contributed by atoms with Crippen molar-refractivity contribution in [2.24, 2.45) is 17.6 Å². The molecule has 3 N–H and O–H groups in total. The standard InChI is InChI=1S/C18H30N6O2/c19-18(26)20-11-16-13-24(22-21-16)12-14-7-9-23(10-8-14)17(25)15-5-3-1-2-4-6-15/h13-15H,1-12H2,(H3,19,20,26). The topological polar surface area (TPSA) is 106 Å². The summed E-state index contributed by atoms with van der Waals surface area (Å²) in [7, 11) is 0. The fourth-order valence-electron chi connectivity index (χ4n) is 4.07. The Balaban J connectivity index is 1.43. The molecular formula is C18H30N6O2. The van der Waals surface area contributed by atoms with Crippen molar-refractivity contribution in [2.45, 2.75) is 64.5 Å². The highest BCUT2D eigenvalue weighted by Crippen LogP contribution is 2.27. The maximum absolute atomic E-state index is 12.8. The Morgan fingerprint density at radius 3 is 2.46 bits per heavy atom. The number of nitrogens with one attached hydrogen (secondary N) is 1. The molecule has 8 nitrogen and oxygen atoms in total. The van der Waals surface area contributed by atoms with Gasteiger partial charge in [-0.05, 0) is 31.6 Å². The minimum Gasteiger partial charge on any atom is -0.352 e. The summed E-state index contributed by atoms with van der Waals surface area (Å²) in [5.41, 5.74) is 5.76. The lowest BCUT2D eigenvalue weighted by Gasteiger charge is -2.34. The van der Waals surface area contributed by atoms with Crippen molar-refractivity contribution in [1.29, 1.82) is 0 Å². The molecular weight excluding hydrogens is 332 g/mol. The van der Waals surface area contributed by atoms with Gasteiger partial charge in [0.25, 0.3) is 0 Å². The van der Waals surface area contributed by atoms with Crippen molar-refractivity contribution in [3.63, 3.8) is 0 Å². The van der Waals surface area contributed by atoms with Crippen LogP contribution in [0.3, 0.4) is 0 Å². The first-order chi connectivity index (χ1) is 12.6. The van der Waals surface area contributed by atoms with Crippen LogP contribution in [0.25, 0.3) is 0 Å². The second-order valence-corrected chi connectivity index (χ2v) is 7.61. The van der Waals surface area contributed by atoms with E-state index in [9.17, 15) is 9.59 Å². The van der Waals surface area contributed by atoms with Crippen molar-refractivity contribution < 1.29 is 9.59 Å². The van der Waals surface area contributed by atoms with Gasteiger partial charge in [0.1, 0.15) is 5.69 Å². The van der Waals surface area contributed by atoms with Crippen molar-refractivity contribution in [1.82, 2.24) is 25.2 Å². The summed E-state index contributed by atoms with van der Waals surface area (Å²) in [6.07, 6.45) is 11.0. The maximum atomic E-state index is 12.8. The molecule has 0 atom stereocenters. The Kier molecular flexibility index (Phi) is 6.46. The highest BCUT2D eigenvalue weighted by molar-refractivity contribution is 5.79. The Morgan fingerprint density at radius 2 is 1.81 bits per heavy atom. The Morgan fingerprint density at radius 1 is 1.12 bits per heavy atom. The first kappa shape index (κ1) is 18.7. The predicted octanol–water partition coefficient (Wildman–Crippen LogP) is 1.66. The van der Waals surface area contributed by atoms with E-state index in [-0.39, 0.29) is 5.92 Å². The van der Waals surface area contributed by atoms with Gasteiger partial charge >= 0.3 is 6.03 Å². The van der Waals surface area contributed by atoms with Crippen LogP contribution in [0.15, 0.2) is 6.20 Å². The molecule has 0 bridgehead atoms. The Labute approximate surface area is 154 Å². The lowest BCUT2D eigenvalue weighted by atomic mass is 9.93. The molecule has 0 aromatic carbocycles. The number of hydrogen-bond donors (Lipinski definition) is 2. The minimum absolute atomic E-state index is 0.254. The molecule has 2 aliphatic rings. The molecule has 0 spiro atoms. The van der Waals surface area contributed by atoms with Gasteiger partial charge in [-0.15, -0.1) is 5.10 Å². The average Bonchev–Trinajstić information content (AvgIpc) is 2.91. The second kappa shape index (κ2) is 9.00. The predicted molar refractivity (Wildman–Crippen MR) is 96.9 cm³/mol. The first-order valence-electron chi connectivity index (χ1n) is 9.83. The molecule has 8 heteroatoms. The largest absolute Gasteiger partial charge is 0.352 e. The summed E-state index contributed by atoms with van der Waals surface area (Å²) >= 11 is 0. The normalized spacial score (nSPS) is 19.9. The maximum Gasteiger partial charge on any atom is 0.312 e. The van der Waals surface area contributed by atoms with Crippen molar-refractivity contribution in [2.75, 3.05) is 13.1 Å². The number of amides is 3. The zero-order valence-corrected chi connectivity index (χ0v) is 15.4. The van der Waals surface area contributed by atoms with Gasteiger partial charge in [-0.2, -0.15) is 0 Å². The van der Waals surface area contributed by atoms with E-state index in [1.807, 2.05) is 10.9 Å². The van der Waals surface area contributed by atoms with E-state index in [4.69, 9.17) is 5.73 Å². The number of piperidine rings is 1. The highest BCUT2D eigenvalue weighted by Gasteiger charge is 2.28. The SMILES string of the molecule is NC(=O)NCc1cn(CC2CCN(C(=O)C3CCCCCC3)CC2)nn1. The number of carbonyl (C=O) groups is 2. The summed E-state index contributed by atoms with van der Waals surface area (Å²) in [5, 5.41) is 10.7. The van der Waals surface area contributed by atoms with E-state index in [1.165, 1.54) is 25.7 Å². The summed E-state index contributed by atoms with van der Waals surface area (Å²) in [4.78, 5) is 25.6. The van der Waals surface area contributed by atoms with E-state index in [1.54, 1.807) is 0 Å². The van der Waals surface area contributed by atoms with Gasteiger partial charge in [-0.25, -0.2) is 4.79 Å². The number of rotatable bonds is 5. The lowest BCUT2D eigenvalue weighted by Crippen LogP contribution is -2.42. The molecule has 0 unspecified atom stereocenters. The van der Waals surface area contributed by atoms with Crippen LogP contribution < -0.4 is 11.1 Å². The number of nitrogens with two attached hydrogens (primary N) is 1. The van der Waals surface area contributed by atoms with Crippen molar-refractivity contribution >= 4 is 11.9 Å². The van der Waals surface area contributed by atoms with Gasteiger partial charge in [-0.3, -0.25) is 9.48 Å². The first-order valence-corrected chi connectivity index (χ1v) is 9.83. The van der Waals surface area contributed by atoms with Crippen LogP contribution in [0.4, 0.5) is 4.79 Å². The molecule has 1 aromatic rings. The van der Waals surface area contributed by atoms with Gasteiger partial charge in [0.2, 0.25) is 5.91 Å². The van der Waals surface area contributed by atoms with Crippen LogP contribution in [-0.4, -0.2) is 44.9 Å². The van der Waals surface area contributed by atoms with Crippen molar-refractivity contribution in [3.05, 3.63) is 11.9 Å². The minimum atomic E-state index is -0.565. The van der Waals surface area contributed by atoms with Gasteiger partial charge in [0.05, 0.1) is 12.7 Å². The third-order valence-corrected chi connectivity index (χ3v) is 5.61. The zero-order chi connectivity index (χ0) is 18.4. The third kappa shape index (κ3) is 5.19. The quantitative estimate of drug-likeness (QED) is 0.777. The molecule has 26 heavy (non-hydrogen) atoms. The monoisotopic (exact) mass is 362 g/mol. The number of primary amides is 1. The second-order valence-electron chi connectivity index (χ2n) is 7.61. The molecule has 1 aromatic heterocycles. The molecule has 1 aliphatic heterocycles. The summed E-state index contributed by atoms with van der Waals surface area (Å²) in [6.45, 7) is 2.80. The molecule has 3 rings (SSSR count). The van der Waals surface area contributed by atoms with Crippen LogP contribution in [0.1, 0.15) is 57.1 Å². The smallest absolute Gasteiger partial charge is 0.312 e. The molecule has 144 valence electrons. The van der Waals surface area contributed by atoms with Crippen LogP contribution in [0.5, 0.6) is 0 Å². The van der Waals surface area contributed by atoms with E-state index < -0.39 is 6.03 Å². The molecule has 1 aliphatic carbocycles. The Hall–Kier alpha value is -2.12. The molecule has 3 amide bonds. The Bertz CT molecular complexity index is 601. The van der Waals surface area contributed by atoms with Crippen LogP contribution in [-0.2, 0) is 17.9 Å². The zero-order valence-electron chi connectivity index (χ0n) is 15.4. The van der Waals surface area contributed by atoms with Gasteiger partial charge in [0.15, 0.2) is 0 Å². The van der Waals surface area contributed by atoms with E-state index >= 15 is 0 Å². The molecule has 0 radical (unpaired) electrons. The van der Waals surface area contributed by atoms with Crippen LogP contribution in [0.2, 0.25) is 0 Å². The van der Waals surface area contributed by atoms with Gasteiger partial charge in [0, 0.05) is 25.6 Å². The van der Waals surface area contributed by atoms with E-state index in [0.29, 0.717) is 24.1 Å². The van der Waals surface area contributed by atoms with Crippen LogP contribution >= 0.6 is 0 Å². The summed E-state index contributed by atoms with van der Waals surface area (Å²) < 4.78 is 1.82. The summed E-state index contributed by atoms with van der Waals surface area (Å²) in [6, 6.07) is -0.565. The van der Waals surface area contributed by atoms with Crippen LogP contribution in [0, 0.1) is 11.8 Å². The van der Waals surface area contributed by atoms with Gasteiger partial charge in [-0.1, -0.05) is 30.9 Å². The number of aromatic nitrogens is 3. The molecule has 2 heterocycles. The van der Waals surface area contributed by atoms with Crippen molar-refractivity contribution in [3.8, 4) is 0 Å². The number of carbonyl (C=O) groups excluding carboxylic acids is 2. The number of hydrogen-bond acceptors (Lipinski definition) is 4. The number of urea groups is 1. The third-order valence-electron chi connectivity index (χ3n) is 5.61. The van der Waals surface area contributed by atoms with E-state index in [0.717, 1.165) is 45.3 Å². The average molecular weight is 362 g/mol. The summed E-state index contributed by atoms with van der Waals surface area (Å²) in [5.74, 6) is 1.14. The molecule has 2 fully saturated rings. The fraction of sp³-hybridized carbons (Fsp3) is 0.778. The van der Waals surface area contributed by atoms with Gasteiger partial charge < -0.3 is 16.0 Å².